The van der Waals surface area contributed by atoms with Crippen LogP contribution in [0.25, 0.3) is 11.1 Å². The zero-order valence-electron chi connectivity index (χ0n) is 14.1. The van der Waals surface area contributed by atoms with E-state index in [-0.39, 0.29) is 11.1 Å². The molecule has 3 aromatic rings. The standard InChI is InChI=1S/C22H14F4/c1-13-3-6-16(7-4-13)17-9-14(2)18(19(23)12-17)8-5-15-10-20(24)22(26)21(25)11-15/h3-4,6-7,9-12H,1-2H3. The molecule has 0 bridgehead atoms. The Balaban J connectivity index is 1.99. The number of halogens is 4. The van der Waals surface area contributed by atoms with E-state index in [2.05, 4.69) is 11.8 Å². The molecule has 0 radical (unpaired) electrons. The van der Waals surface area contributed by atoms with Gasteiger partial charge in [-0.05, 0) is 54.8 Å². The molecule has 3 aromatic carbocycles. The zero-order valence-corrected chi connectivity index (χ0v) is 14.1. The van der Waals surface area contributed by atoms with E-state index in [4.69, 9.17) is 0 Å². The third kappa shape index (κ3) is 3.62. The summed E-state index contributed by atoms with van der Waals surface area (Å²) < 4.78 is 53.9. The minimum absolute atomic E-state index is 0.0668. The van der Waals surface area contributed by atoms with E-state index in [0.29, 0.717) is 11.1 Å². The molecule has 26 heavy (non-hydrogen) atoms. The van der Waals surface area contributed by atoms with E-state index in [0.717, 1.165) is 23.3 Å². The Hall–Kier alpha value is -3.06. The number of hydrogen-bond acceptors (Lipinski definition) is 0. The average Bonchev–Trinajstić information content (AvgIpc) is 2.59. The van der Waals surface area contributed by atoms with Gasteiger partial charge >= 0.3 is 0 Å². The second-order valence-electron chi connectivity index (χ2n) is 6.02. The molecule has 0 unspecified atom stereocenters. The molecule has 0 saturated carbocycles. The molecule has 0 N–H and O–H groups in total. The van der Waals surface area contributed by atoms with E-state index < -0.39 is 23.3 Å². The van der Waals surface area contributed by atoms with Gasteiger partial charge in [0.25, 0.3) is 0 Å². The van der Waals surface area contributed by atoms with Crippen LogP contribution in [0.3, 0.4) is 0 Å². The first kappa shape index (κ1) is 17.8. The number of rotatable bonds is 1. The molecule has 0 saturated heterocycles. The fraction of sp³-hybridized carbons (Fsp3) is 0.0909. The lowest BCUT2D eigenvalue weighted by molar-refractivity contribution is 0.446. The normalized spacial score (nSPS) is 10.4. The van der Waals surface area contributed by atoms with Crippen LogP contribution >= 0.6 is 0 Å². The summed E-state index contributed by atoms with van der Waals surface area (Å²) in [6.45, 7) is 3.67. The van der Waals surface area contributed by atoms with Crippen LogP contribution in [0.1, 0.15) is 22.3 Å². The van der Waals surface area contributed by atoms with Gasteiger partial charge in [-0.25, -0.2) is 17.6 Å². The van der Waals surface area contributed by atoms with E-state index >= 15 is 0 Å². The predicted molar refractivity (Wildman–Crippen MR) is 93.6 cm³/mol. The lowest BCUT2D eigenvalue weighted by Gasteiger charge is -2.07. The van der Waals surface area contributed by atoms with Crippen molar-refractivity contribution in [3.8, 4) is 23.0 Å². The Morgan fingerprint density at radius 1 is 0.654 bits per heavy atom. The molecule has 0 aliphatic carbocycles. The molecule has 0 amide bonds. The highest BCUT2D eigenvalue weighted by Gasteiger charge is 2.10. The summed E-state index contributed by atoms with van der Waals surface area (Å²) in [5, 5.41) is 0. The maximum atomic E-state index is 14.5. The summed E-state index contributed by atoms with van der Waals surface area (Å²) in [4.78, 5) is 0. The van der Waals surface area contributed by atoms with Crippen LogP contribution in [0.5, 0.6) is 0 Å². The van der Waals surface area contributed by atoms with E-state index in [1.54, 1.807) is 13.0 Å². The second-order valence-corrected chi connectivity index (χ2v) is 6.02. The van der Waals surface area contributed by atoms with Crippen molar-refractivity contribution >= 4 is 0 Å². The third-order valence-electron chi connectivity index (χ3n) is 3.99. The molecule has 4 heteroatoms. The van der Waals surface area contributed by atoms with Crippen LogP contribution in [0, 0.1) is 49.0 Å². The molecule has 3 rings (SSSR count). The first-order chi connectivity index (χ1) is 12.3. The molecular weight excluding hydrogens is 340 g/mol. The van der Waals surface area contributed by atoms with Crippen LogP contribution in [-0.2, 0) is 0 Å². The lowest BCUT2D eigenvalue weighted by atomic mass is 9.98. The number of aryl methyl sites for hydroxylation is 2. The Morgan fingerprint density at radius 2 is 1.27 bits per heavy atom. The topological polar surface area (TPSA) is 0 Å². The van der Waals surface area contributed by atoms with Gasteiger partial charge in [-0.15, -0.1) is 0 Å². The van der Waals surface area contributed by atoms with Crippen LogP contribution in [-0.4, -0.2) is 0 Å². The van der Waals surface area contributed by atoms with Crippen molar-refractivity contribution in [2.45, 2.75) is 13.8 Å². The van der Waals surface area contributed by atoms with Gasteiger partial charge in [-0.2, -0.15) is 0 Å². The van der Waals surface area contributed by atoms with Crippen molar-refractivity contribution in [2.24, 2.45) is 0 Å². The van der Waals surface area contributed by atoms with Gasteiger partial charge in [0.1, 0.15) is 5.82 Å². The Labute approximate surface area is 149 Å². The maximum absolute atomic E-state index is 14.5. The first-order valence-electron chi connectivity index (χ1n) is 7.89. The van der Waals surface area contributed by atoms with Gasteiger partial charge in [0.2, 0.25) is 0 Å². The molecule has 130 valence electrons. The highest BCUT2D eigenvalue weighted by Crippen LogP contribution is 2.25. The molecule has 0 fully saturated rings. The summed E-state index contributed by atoms with van der Waals surface area (Å²) in [7, 11) is 0. The highest BCUT2D eigenvalue weighted by molar-refractivity contribution is 5.66. The fourth-order valence-corrected chi connectivity index (χ4v) is 2.58. The summed E-state index contributed by atoms with van der Waals surface area (Å²) >= 11 is 0. The second kappa shape index (κ2) is 7.05. The van der Waals surface area contributed by atoms with Crippen molar-refractivity contribution < 1.29 is 17.6 Å². The molecule has 0 atom stereocenters. The van der Waals surface area contributed by atoms with Gasteiger partial charge < -0.3 is 0 Å². The van der Waals surface area contributed by atoms with Crippen molar-refractivity contribution in [3.05, 3.63) is 94.1 Å². The van der Waals surface area contributed by atoms with Crippen molar-refractivity contribution in [3.63, 3.8) is 0 Å². The van der Waals surface area contributed by atoms with Gasteiger partial charge in [-0.1, -0.05) is 41.7 Å². The third-order valence-corrected chi connectivity index (χ3v) is 3.99. The van der Waals surface area contributed by atoms with Gasteiger partial charge in [0.15, 0.2) is 17.5 Å². The number of benzene rings is 3. The molecule has 0 spiro atoms. The molecule has 0 aliphatic rings. The molecular formula is C22H14F4. The Morgan fingerprint density at radius 3 is 1.85 bits per heavy atom. The van der Waals surface area contributed by atoms with Crippen LogP contribution in [0.4, 0.5) is 17.6 Å². The van der Waals surface area contributed by atoms with E-state index in [1.807, 2.05) is 31.2 Å². The SMILES string of the molecule is Cc1ccc(-c2cc(C)c(C#Cc3cc(F)c(F)c(F)c3)c(F)c2)cc1. The lowest BCUT2D eigenvalue weighted by Crippen LogP contribution is -1.93. The van der Waals surface area contributed by atoms with Crippen molar-refractivity contribution in [1.82, 2.24) is 0 Å². The van der Waals surface area contributed by atoms with Crippen LogP contribution in [0.15, 0.2) is 48.5 Å². The highest BCUT2D eigenvalue weighted by atomic mass is 19.2. The van der Waals surface area contributed by atoms with Gasteiger partial charge in [-0.3, -0.25) is 0 Å². The van der Waals surface area contributed by atoms with Gasteiger partial charge in [0.05, 0.1) is 5.56 Å². The zero-order chi connectivity index (χ0) is 18.8. The molecule has 0 aromatic heterocycles. The Kier molecular flexibility index (Phi) is 4.81. The smallest absolute Gasteiger partial charge is 0.194 e. The maximum Gasteiger partial charge on any atom is 0.194 e. The average molecular weight is 354 g/mol. The van der Waals surface area contributed by atoms with Crippen LogP contribution in [0.2, 0.25) is 0 Å². The van der Waals surface area contributed by atoms with E-state index in [1.165, 1.54) is 6.07 Å². The van der Waals surface area contributed by atoms with Crippen molar-refractivity contribution in [2.75, 3.05) is 0 Å². The molecule has 0 nitrogen and oxygen atoms in total. The monoisotopic (exact) mass is 354 g/mol. The van der Waals surface area contributed by atoms with Crippen molar-refractivity contribution in [1.29, 1.82) is 0 Å². The number of hydrogen-bond donors (Lipinski definition) is 0. The summed E-state index contributed by atoms with van der Waals surface area (Å²) in [6.07, 6.45) is 0. The fourth-order valence-electron chi connectivity index (χ4n) is 2.58. The minimum atomic E-state index is -1.56. The summed E-state index contributed by atoms with van der Waals surface area (Å²) in [5.41, 5.74) is 3.35. The first-order valence-corrected chi connectivity index (χ1v) is 7.89. The minimum Gasteiger partial charge on any atom is -0.206 e. The Bertz CT molecular complexity index is 992. The summed E-state index contributed by atoms with van der Waals surface area (Å²) in [5.74, 6) is 0.309. The quantitative estimate of drug-likeness (QED) is 0.289. The van der Waals surface area contributed by atoms with E-state index in [9.17, 15) is 17.6 Å². The van der Waals surface area contributed by atoms with Gasteiger partial charge in [0, 0.05) is 5.56 Å². The molecule has 0 heterocycles. The van der Waals surface area contributed by atoms with Crippen LogP contribution < -0.4 is 0 Å². The molecule has 0 aliphatic heterocycles. The predicted octanol–water partition coefficient (Wildman–Crippen LogP) is 5.93. The largest absolute Gasteiger partial charge is 0.206 e. The summed E-state index contributed by atoms with van der Waals surface area (Å²) in [6, 6.07) is 12.4.